The van der Waals surface area contributed by atoms with Gasteiger partial charge in [0.2, 0.25) is 0 Å². The third kappa shape index (κ3) is 2.73. The first-order valence-electron chi connectivity index (χ1n) is 7.79. The van der Waals surface area contributed by atoms with Gasteiger partial charge in [0.05, 0.1) is 7.11 Å². The van der Waals surface area contributed by atoms with Crippen molar-refractivity contribution in [2.24, 2.45) is 17.6 Å². The normalized spacial score (nSPS) is 31.0. The Labute approximate surface area is 126 Å². The van der Waals surface area contributed by atoms with Gasteiger partial charge in [0.25, 0.3) is 5.91 Å². The Morgan fingerprint density at radius 3 is 2.62 bits per heavy atom. The molecule has 0 unspecified atom stereocenters. The minimum absolute atomic E-state index is 0.175. The second-order valence-corrected chi connectivity index (χ2v) is 6.70. The maximum absolute atomic E-state index is 13.0. The highest BCUT2D eigenvalue weighted by molar-refractivity contribution is 5.90. The molecule has 1 aliphatic carbocycles. The number of carbonyl (C=O) groups is 2. The van der Waals surface area contributed by atoms with E-state index in [0.29, 0.717) is 5.92 Å². The van der Waals surface area contributed by atoms with Gasteiger partial charge < -0.3 is 15.4 Å². The number of hydrogen-bond acceptors (Lipinski definition) is 4. The van der Waals surface area contributed by atoms with Crippen LogP contribution < -0.4 is 11.1 Å². The molecular weight excluding hydrogens is 270 g/mol. The molecule has 0 bridgehead atoms. The first-order valence-corrected chi connectivity index (χ1v) is 7.79. The van der Waals surface area contributed by atoms with Crippen molar-refractivity contribution in [3.05, 3.63) is 0 Å². The first kappa shape index (κ1) is 16.1. The molecule has 6 heteroatoms. The first-order chi connectivity index (χ1) is 9.81. The summed E-state index contributed by atoms with van der Waals surface area (Å²) >= 11 is 0. The predicted octanol–water partition coefficient (Wildman–Crippen LogP) is 1.44. The lowest BCUT2D eigenvalue weighted by Gasteiger charge is -2.39. The summed E-state index contributed by atoms with van der Waals surface area (Å²) in [5.41, 5.74) is 4.86. The number of likely N-dealkylation sites (tertiary alicyclic amines) is 1. The number of hydrogen-bond donors (Lipinski definition) is 2. The summed E-state index contributed by atoms with van der Waals surface area (Å²) in [7, 11) is 1.27. The highest BCUT2D eigenvalue weighted by atomic mass is 16.5. The Morgan fingerprint density at radius 2 is 2.05 bits per heavy atom. The van der Waals surface area contributed by atoms with Crippen LogP contribution >= 0.6 is 0 Å². The molecule has 1 saturated carbocycles. The van der Waals surface area contributed by atoms with E-state index >= 15 is 0 Å². The number of fused-ring (bicyclic) bond motifs is 1. The SMILES string of the molecule is COC(=O)N[C@](N)(C(=O)N1[C@H](C)C[C@@H]2CCC[C@@H]21)C(C)C. The maximum atomic E-state index is 13.0. The monoisotopic (exact) mass is 297 g/mol. The predicted molar refractivity (Wildman–Crippen MR) is 79.4 cm³/mol. The molecule has 0 radical (unpaired) electrons. The maximum Gasteiger partial charge on any atom is 0.408 e. The van der Waals surface area contributed by atoms with E-state index < -0.39 is 11.8 Å². The summed E-state index contributed by atoms with van der Waals surface area (Å²) in [6.45, 7) is 5.73. The fourth-order valence-electron chi connectivity index (χ4n) is 3.77. The molecule has 120 valence electrons. The number of amides is 2. The van der Waals surface area contributed by atoms with E-state index in [1.54, 1.807) is 0 Å². The van der Waals surface area contributed by atoms with Crippen LogP contribution in [0.25, 0.3) is 0 Å². The molecule has 2 fully saturated rings. The van der Waals surface area contributed by atoms with E-state index in [4.69, 9.17) is 5.73 Å². The van der Waals surface area contributed by atoms with E-state index in [1.807, 2.05) is 18.7 Å². The molecule has 6 nitrogen and oxygen atoms in total. The van der Waals surface area contributed by atoms with Gasteiger partial charge in [0, 0.05) is 12.1 Å². The zero-order valence-corrected chi connectivity index (χ0v) is 13.4. The third-order valence-corrected chi connectivity index (χ3v) is 5.09. The minimum atomic E-state index is -1.42. The van der Waals surface area contributed by atoms with Gasteiger partial charge in [-0.25, -0.2) is 4.79 Å². The summed E-state index contributed by atoms with van der Waals surface area (Å²) in [5.74, 6) is 0.167. The van der Waals surface area contributed by atoms with Gasteiger partial charge in [-0.1, -0.05) is 20.3 Å². The van der Waals surface area contributed by atoms with E-state index in [2.05, 4.69) is 17.0 Å². The van der Waals surface area contributed by atoms with Crippen LogP contribution in [-0.4, -0.2) is 41.8 Å². The summed E-state index contributed by atoms with van der Waals surface area (Å²) in [4.78, 5) is 26.5. The van der Waals surface area contributed by atoms with E-state index in [9.17, 15) is 9.59 Å². The average Bonchev–Trinajstić information content (AvgIpc) is 2.97. The molecule has 2 amide bonds. The zero-order valence-electron chi connectivity index (χ0n) is 13.4. The Hall–Kier alpha value is -1.30. The van der Waals surface area contributed by atoms with Crippen molar-refractivity contribution in [1.29, 1.82) is 0 Å². The average molecular weight is 297 g/mol. The fourth-order valence-corrected chi connectivity index (χ4v) is 3.77. The van der Waals surface area contributed by atoms with Crippen LogP contribution in [0.3, 0.4) is 0 Å². The molecule has 2 aliphatic rings. The van der Waals surface area contributed by atoms with Crippen molar-refractivity contribution in [3.8, 4) is 0 Å². The Bertz CT molecular complexity index is 426. The van der Waals surface area contributed by atoms with Crippen molar-refractivity contribution in [2.45, 2.75) is 64.2 Å². The zero-order chi connectivity index (χ0) is 15.8. The van der Waals surface area contributed by atoms with Crippen LogP contribution in [-0.2, 0) is 9.53 Å². The van der Waals surface area contributed by atoms with Crippen molar-refractivity contribution >= 4 is 12.0 Å². The number of carbonyl (C=O) groups excluding carboxylic acids is 2. The van der Waals surface area contributed by atoms with Gasteiger partial charge in [0.15, 0.2) is 5.66 Å². The second kappa shape index (κ2) is 5.83. The molecular formula is C15H27N3O3. The van der Waals surface area contributed by atoms with Gasteiger partial charge in [-0.15, -0.1) is 0 Å². The quantitative estimate of drug-likeness (QED) is 0.772. The Balaban J connectivity index is 2.23. The standard InChI is InChI=1S/C15H27N3O3/c1-9(2)15(16,17-14(20)21-4)13(19)18-10(3)8-11-6-5-7-12(11)18/h9-12H,5-8,16H2,1-4H3,(H,17,20)/t10-,11+,12+,15+/m1/s1. The number of nitrogens with two attached hydrogens (primary N) is 1. The van der Waals surface area contributed by atoms with Crippen molar-refractivity contribution in [1.82, 2.24) is 10.2 Å². The highest BCUT2D eigenvalue weighted by Gasteiger charge is 2.51. The minimum Gasteiger partial charge on any atom is -0.453 e. The topological polar surface area (TPSA) is 84.7 Å². The number of nitrogens with zero attached hydrogens (tertiary/aromatic N) is 1. The number of methoxy groups -OCH3 is 1. The lowest BCUT2D eigenvalue weighted by Crippen LogP contribution is -2.69. The Morgan fingerprint density at radius 1 is 1.38 bits per heavy atom. The van der Waals surface area contributed by atoms with Gasteiger partial charge in [0.1, 0.15) is 0 Å². The van der Waals surface area contributed by atoms with Crippen LogP contribution in [0, 0.1) is 11.8 Å². The van der Waals surface area contributed by atoms with E-state index in [0.717, 1.165) is 19.3 Å². The number of alkyl carbamates (subject to hydrolysis) is 1. The molecule has 2 rings (SSSR count). The van der Waals surface area contributed by atoms with E-state index in [-0.39, 0.29) is 23.9 Å². The molecule has 1 aliphatic heterocycles. The highest BCUT2D eigenvalue weighted by Crippen LogP contribution is 2.42. The lowest BCUT2D eigenvalue weighted by atomic mass is 9.94. The smallest absolute Gasteiger partial charge is 0.408 e. The fraction of sp³-hybridized carbons (Fsp3) is 0.867. The van der Waals surface area contributed by atoms with Gasteiger partial charge in [-0.05, 0) is 38.0 Å². The molecule has 1 saturated heterocycles. The molecule has 0 aromatic heterocycles. The summed E-state index contributed by atoms with van der Waals surface area (Å²) in [6.07, 6.45) is 3.74. The molecule has 4 atom stereocenters. The molecule has 0 aromatic carbocycles. The summed E-state index contributed by atoms with van der Waals surface area (Å²) in [5, 5.41) is 2.55. The molecule has 21 heavy (non-hydrogen) atoms. The largest absolute Gasteiger partial charge is 0.453 e. The summed E-state index contributed by atoms with van der Waals surface area (Å²) in [6, 6.07) is 0.447. The van der Waals surface area contributed by atoms with Crippen molar-refractivity contribution in [3.63, 3.8) is 0 Å². The van der Waals surface area contributed by atoms with Crippen LogP contribution in [0.15, 0.2) is 0 Å². The molecule has 0 spiro atoms. The van der Waals surface area contributed by atoms with Crippen molar-refractivity contribution in [2.75, 3.05) is 7.11 Å². The van der Waals surface area contributed by atoms with Crippen molar-refractivity contribution < 1.29 is 14.3 Å². The number of rotatable bonds is 3. The summed E-state index contributed by atoms with van der Waals surface area (Å²) < 4.78 is 4.62. The molecule has 1 heterocycles. The van der Waals surface area contributed by atoms with E-state index in [1.165, 1.54) is 13.5 Å². The van der Waals surface area contributed by atoms with Crippen LogP contribution in [0.5, 0.6) is 0 Å². The Kier molecular flexibility index (Phi) is 4.46. The lowest BCUT2D eigenvalue weighted by molar-refractivity contribution is -0.143. The molecule has 3 N–H and O–H groups in total. The van der Waals surface area contributed by atoms with Gasteiger partial charge in [-0.2, -0.15) is 0 Å². The van der Waals surface area contributed by atoms with Crippen LogP contribution in [0.1, 0.15) is 46.5 Å². The molecule has 0 aromatic rings. The third-order valence-electron chi connectivity index (χ3n) is 5.09. The second-order valence-electron chi connectivity index (χ2n) is 6.70. The van der Waals surface area contributed by atoms with Gasteiger partial charge >= 0.3 is 6.09 Å². The van der Waals surface area contributed by atoms with Gasteiger partial charge in [-0.3, -0.25) is 10.1 Å². The number of ether oxygens (including phenoxy) is 1. The number of nitrogens with one attached hydrogen (secondary N) is 1. The van der Waals surface area contributed by atoms with Crippen LogP contribution in [0.4, 0.5) is 4.79 Å². The van der Waals surface area contributed by atoms with Crippen LogP contribution in [0.2, 0.25) is 0 Å².